The van der Waals surface area contributed by atoms with Gasteiger partial charge in [-0.15, -0.1) is 0 Å². The largest absolute Gasteiger partial charge is 0.376 e. The first-order chi connectivity index (χ1) is 10.6. The van der Waals surface area contributed by atoms with Crippen LogP contribution in [0.5, 0.6) is 0 Å². The number of hydrogen-bond donors (Lipinski definition) is 1. The van der Waals surface area contributed by atoms with E-state index in [1.165, 1.54) is 6.92 Å². The Hall–Kier alpha value is -1.88. The van der Waals surface area contributed by atoms with E-state index in [1.54, 1.807) is 4.90 Å². The van der Waals surface area contributed by atoms with E-state index in [-0.39, 0.29) is 17.9 Å². The number of nitrogens with one attached hydrogen (secondary N) is 1. The smallest absolute Gasteiger partial charge is 0.226 e. The molecule has 2 amide bonds. The molecule has 2 rings (SSSR count). The van der Waals surface area contributed by atoms with Gasteiger partial charge in [0.2, 0.25) is 11.8 Å². The number of ether oxygens (including phenoxy) is 1. The molecule has 22 heavy (non-hydrogen) atoms. The van der Waals surface area contributed by atoms with E-state index in [1.807, 2.05) is 31.2 Å². The highest BCUT2D eigenvalue weighted by atomic mass is 16.5. The van der Waals surface area contributed by atoms with Crippen LogP contribution in [0, 0.1) is 6.92 Å². The molecule has 0 spiro atoms. The number of carbonyl (C=O) groups is 2. The van der Waals surface area contributed by atoms with E-state index in [0.717, 1.165) is 30.7 Å². The van der Waals surface area contributed by atoms with Crippen molar-refractivity contribution < 1.29 is 14.3 Å². The Balaban J connectivity index is 1.82. The van der Waals surface area contributed by atoms with Gasteiger partial charge in [0.1, 0.15) is 0 Å². The fourth-order valence-electron chi connectivity index (χ4n) is 2.57. The number of rotatable bonds is 6. The molecular weight excluding hydrogens is 280 g/mol. The van der Waals surface area contributed by atoms with Crippen molar-refractivity contribution in [1.29, 1.82) is 0 Å². The van der Waals surface area contributed by atoms with Crippen LogP contribution in [0.4, 0.5) is 5.69 Å². The predicted octanol–water partition coefficient (Wildman–Crippen LogP) is 2.35. The minimum Gasteiger partial charge on any atom is -0.376 e. The summed E-state index contributed by atoms with van der Waals surface area (Å²) in [6.45, 7) is 5.26. The maximum absolute atomic E-state index is 12.0. The Kier molecular flexibility index (Phi) is 5.95. The van der Waals surface area contributed by atoms with Crippen LogP contribution in [0.2, 0.25) is 0 Å². The van der Waals surface area contributed by atoms with E-state index >= 15 is 0 Å². The third kappa shape index (κ3) is 4.84. The Bertz CT molecular complexity index is 524. The molecule has 1 atom stereocenters. The summed E-state index contributed by atoms with van der Waals surface area (Å²) < 4.78 is 5.56. The highest BCUT2D eigenvalue weighted by molar-refractivity contribution is 5.91. The minimum absolute atomic E-state index is 0.0146. The second-order valence-electron chi connectivity index (χ2n) is 5.71. The van der Waals surface area contributed by atoms with Crippen molar-refractivity contribution in [1.82, 2.24) is 4.90 Å². The van der Waals surface area contributed by atoms with Gasteiger partial charge in [0, 0.05) is 38.7 Å². The molecule has 1 aromatic carbocycles. The maximum atomic E-state index is 12.0. The molecule has 0 saturated carbocycles. The molecule has 1 aliphatic heterocycles. The van der Waals surface area contributed by atoms with Gasteiger partial charge >= 0.3 is 0 Å². The van der Waals surface area contributed by atoms with Crippen LogP contribution in [0.15, 0.2) is 24.3 Å². The zero-order chi connectivity index (χ0) is 15.9. The van der Waals surface area contributed by atoms with E-state index in [4.69, 9.17) is 4.74 Å². The molecule has 0 bridgehead atoms. The third-order valence-electron chi connectivity index (χ3n) is 3.92. The van der Waals surface area contributed by atoms with Crippen molar-refractivity contribution in [3.63, 3.8) is 0 Å². The van der Waals surface area contributed by atoms with Crippen molar-refractivity contribution in [3.8, 4) is 0 Å². The summed E-state index contributed by atoms with van der Waals surface area (Å²) in [6, 6.07) is 7.66. The van der Waals surface area contributed by atoms with Crippen LogP contribution < -0.4 is 5.32 Å². The Morgan fingerprint density at radius 3 is 2.77 bits per heavy atom. The molecule has 1 unspecified atom stereocenters. The minimum atomic E-state index is -0.0760. The molecule has 1 N–H and O–H groups in total. The maximum Gasteiger partial charge on any atom is 0.226 e. The first-order valence-electron chi connectivity index (χ1n) is 7.79. The molecule has 1 aromatic rings. The van der Waals surface area contributed by atoms with Gasteiger partial charge in [-0.25, -0.2) is 0 Å². The molecule has 5 nitrogen and oxygen atoms in total. The van der Waals surface area contributed by atoms with Crippen molar-refractivity contribution >= 4 is 17.5 Å². The third-order valence-corrected chi connectivity index (χ3v) is 3.92. The number of aryl methyl sites for hydroxylation is 1. The van der Waals surface area contributed by atoms with Crippen LogP contribution in [-0.2, 0) is 14.3 Å². The lowest BCUT2D eigenvalue weighted by molar-refractivity contribution is -0.130. The predicted molar refractivity (Wildman–Crippen MR) is 85.7 cm³/mol. The Morgan fingerprint density at radius 2 is 2.14 bits per heavy atom. The molecule has 1 saturated heterocycles. The van der Waals surface area contributed by atoms with Gasteiger partial charge in [0.15, 0.2) is 0 Å². The van der Waals surface area contributed by atoms with Crippen molar-refractivity contribution in [2.75, 3.05) is 25.0 Å². The van der Waals surface area contributed by atoms with Crippen LogP contribution >= 0.6 is 0 Å². The number of para-hydroxylation sites is 1. The second kappa shape index (κ2) is 7.94. The number of hydrogen-bond acceptors (Lipinski definition) is 3. The van der Waals surface area contributed by atoms with E-state index in [0.29, 0.717) is 19.5 Å². The lowest BCUT2D eigenvalue weighted by Gasteiger charge is -2.24. The summed E-state index contributed by atoms with van der Waals surface area (Å²) in [5.41, 5.74) is 1.85. The highest BCUT2D eigenvalue weighted by Crippen LogP contribution is 2.15. The molecule has 0 aliphatic carbocycles. The standard InChI is InChI=1S/C17H24N2O3/c1-13-6-3-4-8-16(13)18-17(21)9-10-19(14(2)20)12-15-7-5-11-22-15/h3-4,6,8,15H,5,7,9-12H2,1-2H3,(H,18,21). The van der Waals surface area contributed by atoms with Gasteiger partial charge in [-0.05, 0) is 31.4 Å². The van der Waals surface area contributed by atoms with E-state index < -0.39 is 0 Å². The number of amides is 2. The van der Waals surface area contributed by atoms with Crippen LogP contribution in [0.1, 0.15) is 31.7 Å². The lowest BCUT2D eigenvalue weighted by Crippen LogP contribution is -2.37. The molecule has 120 valence electrons. The summed E-state index contributed by atoms with van der Waals surface area (Å²) in [6.07, 6.45) is 2.44. The molecule has 5 heteroatoms. The summed E-state index contributed by atoms with van der Waals surface area (Å²) in [5, 5.41) is 2.89. The molecular formula is C17H24N2O3. The topological polar surface area (TPSA) is 58.6 Å². The normalized spacial score (nSPS) is 17.3. The summed E-state index contributed by atoms with van der Waals surface area (Å²) in [5.74, 6) is -0.0907. The number of benzene rings is 1. The average Bonchev–Trinajstić information content (AvgIpc) is 2.98. The first-order valence-corrected chi connectivity index (χ1v) is 7.79. The number of anilines is 1. The van der Waals surface area contributed by atoms with Crippen molar-refractivity contribution in [2.24, 2.45) is 0 Å². The van der Waals surface area contributed by atoms with Gasteiger partial charge < -0.3 is 15.0 Å². The SMILES string of the molecule is CC(=O)N(CCC(=O)Nc1ccccc1C)CC1CCCO1. The molecule has 0 aromatic heterocycles. The van der Waals surface area contributed by atoms with E-state index in [9.17, 15) is 9.59 Å². The molecule has 1 heterocycles. The van der Waals surface area contributed by atoms with Crippen molar-refractivity contribution in [3.05, 3.63) is 29.8 Å². The fourth-order valence-corrected chi connectivity index (χ4v) is 2.57. The fraction of sp³-hybridized carbons (Fsp3) is 0.529. The van der Waals surface area contributed by atoms with Crippen LogP contribution in [0.3, 0.4) is 0 Å². The summed E-state index contributed by atoms with van der Waals surface area (Å²) in [7, 11) is 0. The number of carbonyl (C=O) groups excluding carboxylic acids is 2. The van der Waals surface area contributed by atoms with Gasteiger partial charge in [-0.3, -0.25) is 9.59 Å². The molecule has 0 radical (unpaired) electrons. The summed E-state index contributed by atoms with van der Waals surface area (Å²) in [4.78, 5) is 25.4. The van der Waals surface area contributed by atoms with E-state index in [2.05, 4.69) is 5.32 Å². The second-order valence-corrected chi connectivity index (χ2v) is 5.71. The van der Waals surface area contributed by atoms with Gasteiger partial charge in [0.05, 0.1) is 6.10 Å². The quantitative estimate of drug-likeness (QED) is 0.877. The molecule has 1 fully saturated rings. The lowest BCUT2D eigenvalue weighted by atomic mass is 10.2. The van der Waals surface area contributed by atoms with Gasteiger partial charge in [0.25, 0.3) is 0 Å². The Morgan fingerprint density at radius 1 is 1.36 bits per heavy atom. The number of nitrogens with zero attached hydrogens (tertiary/aromatic N) is 1. The van der Waals surface area contributed by atoms with Gasteiger partial charge in [-0.1, -0.05) is 18.2 Å². The van der Waals surface area contributed by atoms with Gasteiger partial charge in [-0.2, -0.15) is 0 Å². The van der Waals surface area contributed by atoms with Crippen LogP contribution in [-0.4, -0.2) is 42.5 Å². The highest BCUT2D eigenvalue weighted by Gasteiger charge is 2.21. The Labute approximate surface area is 131 Å². The van der Waals surface area contributed by atoms with Crippen molar-refractivity contribution in [2.45, 2.75) is 39.2 Å². The molecule has 1 aliphatic rings. The monoisotopic (exact) mass is 304 g/mol. The summed E-state index contributed by atoms with van der Waals surface area (Å²) >= 11 is 0. The zero-order valence-electron chi connectivity index (χ0n) is 13.3. The average molecular weight is 304 g/mol. The first kappa shape index (κ1) is 16.5. The van der Waals surface area contributed by atoms with Crippen LogP contribution in [0.25, 0.3) is 0 Å². The zero-order valence-corrected chi connectivity index (χ0v) is 13.3.